The lowest BCUT2D eigenvalue weighted by Crippen LogP contribution is -2.43. The van der Waals surface area contributed by atoms with Gasteiger partial charge in [0.1, 0.15) is 5.75 Å². The average Bonchev–Trinajstić information content (AvgIpc) is 2.30. The van der Waals surface area contributed by atoms with Gasteiger partial charge in [-0.15, -0.1) is 0 Å². The van der Waals surface area contributed by atoms with Gasteiger partial charge < -0.3 is 21.9 Å². The van der Waals surface area contributed by atoms with Gasteiger partial charge >= 0.3 is 0 Å². The quantitative estimate of drug-likeness (QED) is 0.532. The molecule has 0 heterocycles. The van der Waals surface area contributed by atoms with E-state index in [0.29, 0.717) is 13.0 Å². The van der Waals surface area contributed by atoms with Crippen molar-refractivity contribution >= 4 is 11.8 Å². The maximum atomic E-state index is 11.4. The maximum absolute atomic E-state index is 11.4. The monoisotopic (exact) mass is 251 g/mol. The van der Waals surface area contributed by atoms with Crippen LogP contribution in [0.4, 0.5) is 0 Å². The van der Waals surface area contributed by atoms with Crippen molar-refractivity contribution < 1.29 is 14.7 Å². The van der Waals surface area contributed by atoms with Crippen molar-refractivity contribution in [2.24, 2.45) is 11.5 Å². The van der Waals surface area contributed by atoms with E-state index in [0.717, 1.165) is 5.56 Å². The SMILES string of the molecule is NC(=O)C[C@@H](N)C(=O)NCCc1ccc(O)cc1. The lowest BCUT2D eigenvalue weighted by Gasteiger charge is -2.10. The van der Waals surface area contributed by atoms with Crippen LogP contribution in [0.5, 0.6) is 5.75 Å². The topological polar surface area (TPSA) is 118 Å². The molecule has 1 aromatic carbocycles. The van der Waals surface area contributed by atoms with Gasteiger partial charge in [0.2, 0.25) is 11.8 Å². The highest BCUT2D eigenvalue weighted by molar-refractivity contribution is 5.87. The van der Waals surface area contributed by atoms with Crippen LogP contribution in [0.1, 0.15) is 12.0 Å². The summed E-state index contributed by atoms with van der Waals surface area (Å²) in [5.74, 6) is -0.796. The van der Waals surface area contributed by atoms with E-state index in [9.17, 15) is 9.59 Å². The molecule has 18 heavy (non-hydrogen) atoms. The minimum absolute atomic E-state index is 0.162. The van der Waals surface area contributed by atoms with Gasteiger partial charge in [0.15, 0.2) is 0 Å². The first kappa shape index (κ1) is 14.0. The Morgan fingerprint density at radius 3 is 2.44 bits per heavy atom. The lowest BCUT2D eigenvalue weighted by atomic mass is 10.1. The van der Waals surface area contributed by atoms with Crippen LogP contribution in [-0.2, 0) is 16.0 Å². The molecule has 0 saturated carbocycles. The van der Waals surface area contributed by atoms with E-state index in [2.05, 4.69) is 5.32 Å². The number of hydrogen-bond acceptors (Lipinski definition) is 4. The normalized spacial score (nSPS) is 11.8. The Hall–Kier alpha value is -2.08. The molecule has 0 aliphatic rings. The van der Waals surface area contributed by atoms with E-state index in [1.807, 2.05) is 0 Å². The first-order valence-electron chi connectivity index (χ1n) is 5.58. The van der Waals surface area contributed by atoms with Gasteiger partial charge in [0.05, 0.1) is 12.5 Å². The Morgan fingerprint density at radius 2 is 1.89 bits per heavy atom. The summed E-state index contributed by atoms with van der Waals surface area (Å²) in [6.45, 7) is 0.413. The molecule has 2 amide bonds. The van der Waals surface area contributed by atoms with E-state index in [1.165, 1.54) is 0 Å². The van der Waals surface area contributed by atoms with Crippen molar-refractivity contribution in [2.45, 2.75) is 18.9 Å². The zero-order valence-electron chi connectivity index (χ0n) is 9.93. The summed E-state index contributed by atoms with van der Waals surface area (Å²) in [5, 5.41) is 11.7. The number of benzene rings is 1. The van der Waals surface area contributed by atoms with Gasteiger partial charge in [-0.3, -0.25) is 9.59 Å². The van der Waals surface area contributed by atoms with Crippen LogP contribution in [0, 0.1) is 0 Å². The summed E-state index contributed by atoms with van der Waals surface area (Å²) in [6.07, 6.45) is 0.459. The summed E-state index contributed by atoms with van der Waals surface area (Å²) in [6, 6.07) is 5.80. The second-order valence-electron chi connectivity index (χ2n) is 3.98. The van der Waals surface area contributed by atoms with Crippen molar-refractivity contribution in [1.29, 1.82) is 0 Å². The highest BCUT2D eigenvalue weighted by atomic mass is 16.3. The smallest absolute Gasteiger partial charge is 0.237 e. The van der Waals surface area contributed by atoms with Gasteiger partial charge in [-0.2, -0.15) is 0 Å². The number of phenolic OH excluding ortho intramolecular Hbond substituents is 1. The Kier molecular flexibility index (Phi) is 5.13. The van der Waals surface area contributed by atoms with Crippen molar-refractivity contribution in [3.8, 4) is 5.75 Å². The van der Waals surface area contributed by atoms with Crippen molar-refractivity contribution in [3.05, 3.63) is 29.8 Å². The third kappa shape index (κ3) is 4.84. The molecule has 0 saturated heterocycles. The third-order valence-electron chi connectivity index (χ3n) is 2.41. The molecule has 1 atom stereocenters. The van der Waals surface area contributed by atoms with Crippen LogP contribution < -0.4 is 16.8 Å². The first-order valence-corrected chi connectivity index (χ1v) is 5.58. The van der Waals surface area contributed by atoms with E-state index in [1.54, 1.807) is 24.3 Å². The molecule has 0 aliphatic carbocycles. The second kappa shape index (κ2) is 6.61. The predicted molar refractivity (Wildman–Crippen MR) is 66.6 cm³/mol. The Morgan fingerprint density at radius 1 is 1.28 bits per heavy atom. The summed E-state index contributed by atoms with van der Waals surface area (Å²) >= 11 is 0. The summed E-state index contributed by atoms with van der Waals surface area (Å²) in [7, 11) is 0. The number of hydrogen-bond donors (Lipinski definition) is 4. The molecule has 6 heteroatoms. The lowest BCUT2D eigenvalue weighted by molar-refractivity contribution is -0.126. The molecule has 1 aromatic rings. The zero-order chi connectivity index (χ0) is 13.5. The molecule has 6 nitrogen and oxygen atoms in total. The molecule has 0 aliphatic heterocycles. The van der Waals surface area contributed by atoms with E-state index < -0.39 is 17.9 Å². The number of nitrogens with one attached hydrogen (secondary N) is 1. The van der Waals surface area contributed by atoms with Crippen molar-refractivity contribution in [2.75, 3.05) is 6.54 Å². The van der Waals surface area contributed by atoms with Crippen LogP contribution in [0.2, 0.25) is 0 Å². The van der Waals surface area contributed by atoms with Crippen molar-refractivity contribution in [3.63, 3.8) is 0 Å². The number of rotatable bonds is 6. The largest absolute Gasteiger partial charge is 0.508 e. The number of carbonyl (C=O) groups is 2. The van der Waals surface area contributed by atoms with Gasteiger partial charge in [-0.25, -0.2) is 0 Å². The number of phenols is 1. The molecule has 0 radical (unpaired) electrons. The Labute approximate surface area is 105 Å². The number of nitrogens with two attached hydrogens (primary N) is 2. The number of primary amides is 1. The fourth-order valence-electron chi connectivity index (χ4n) is 1.43. The second-order valence-corrected chi connectivity index (χ2v) is 3.98. The van der Waals surface area contributed by atoms with Crippen LogP contribution in [0.25, 0.3) is 0 Å². The van der Waals surface area contributed by atoms with Gasteiger partial charge in [-0.05, 0) is 24.1 Å². The van der Waals surface area contributed by atoms with E-state index in [-0.39, 0.29) is 12.2 Å². The Balaban J connectivity index is 2.31. The molecule has 98 valence electrons. The van der Waals surface area contributed by atoms with Gasteiger partial charge in [0.25, 0.3) is 0 Å². The van der Waals surface area contributed by atoms with Crippen LogP contribution >= 0.6 is 0 Å². The van der Waals surface area contributed by atoms with Crippen molar-refractivity contribution in [1.82, 2.24) is 5.32 Å². The molecular formula is C12H17N3O3. The molecule has 6 N–H and O–H groups in total. The van der Waals surface area contributed by atoms with Gasteiger partial charge in [0, 0.05) is 6.54 Å². The molecule has 0 bridgehead atoms. The first-order chi connectivity index (χ1) is 8.49. The van der Waals surface area contributed by atoms with Crippen LogP contribution in [-0.4, -0.2) is 29.5 Å². The number of carbonyl (C=O) groups excluding carboxylic acids is 2. The fourth-order valence-corrected chi connectivity index (χ4v) is 1.43. The maximum Gasteiger partial charge on any atom is 0.237 e. The third-order valence-corrected chi connectivity index (χ3v) is 2.41. The molecule has 1 rings (SSSR count). The molecular weight excluding hydrogens is 234 g/mol. The molecule has 0 spiro atoms. The summed E-state index contributed by atoms with van der Waals surface area (Å²) in [5.41, 5.74) is 11.4. The van der Waals surface area contributed by atoms with E-state index in [4.69, 9.17) is 16.6 Å². The molecule has 0 aromatic heterocycles. The molecule has 0 fully saturated rings. The summed E-state index contributed by atoms with van der Waals surface area (Å²) in [4.78, 5) is 22.0. The van der Waals surface area contributed by atoms with Gasteiger partial charge in [-0.1, -0.05) is 12.1 Å². The fraction of sp³-hybridized carbons (Fsp3) is 0.333. The predicted octanol–water partition coefficient (Wildman–Crippen LogP) is -0.746. The Bertz CT molecular complexity index is 417. The molecule has 0 unspecified atom stereocenters. The average molecular weight is 251 g/mol. The van der Waals surface area contributed by atoms with Crippen LogP contribution in [0.3, 0.4) is 0 Å². The zero-order valence-corrected chi connectivity index (χ0v) is 9.93. The van der Waals surface area contributed by atoms with E-state index >= 15 is 0 Å². The minimum atomic E-state index is -0.901. The minimum Gasteiger partial charge on any atom is -0.508 e. The number of amides is 2. The number of aromatic hydroxyl groups is 1. The highest BCUT2D eigenvalue weighted by Crippen LogP contribution is 2.09. The standard InChI is InChI=1S/C12H17N3O3/c13-10(7-11(14)17)12(18)15-6-5-8-1-3-9(16)4-2-8/h1-4,10,16H,5-7,13H2,(H2,14,17)(H,15,18)/t10-/m1/s1. The highest BCUT2D eigenvalue weighted by Gasteiger charge is 2.14. The summed E-state index contributed by atoms with van der Waals surface area (Å²) < 4.78 is 0. The van der Waals surface area contributed by atoms with Crippen LogP contribution in [0.15, 0.2) is 24.3 Å².